The topological polar surface area (TPSA) is 105 Å². The molecule has 0 aliphatic heterocycles. The molecule has 2 aromatic rings. The van der Waals surface area contributed by atoms with Crippen molar-refractivity contribution < 1.29 is 38.1 Å². The molecule has 0 saturated heterocycles. The summed E-state index contributed by atoms with van der Waals surface area (Å²) in [5.74, 6) is -5.55. The van der Waals surface area contributed by atoms with Crippen LogP contribution in [0.1, 0.15) is 150 Å². The Labute approximate surface area is 316 Å². The largest absolute Gasteiger partial charge is 0.459 e. The molecule has 0 spiro atoms. The van der Waals surface area contributed by atoms with Gasteiger partial charge in [0.15, 0.2) is 11.5 Å². The first-order valence-electron chi connectivity index (χ1n) is 17.6. The Balaban J connectivity index is 2.45. The molecule has 2 aromatic carbocycles. The highest BCUT2D eigenvalue weighted by molar-refractivity contribution is 6.39. The maximum atomic E-state index is 13.3. The number of esters is 4. The number of carbonyl (C=O) groups excluding carboxylic acids is 4. The van der Waals surface area contributed by atoms with Gasteiger partial charge >= 0.3 is 23.9 Å². The van der Waals surface area contributed by atoms with Gasteiger partial charge in [-0.3, -0.25) is 0 Å². The molecular formula is C38H50Cl4O8. The summed E-state index contributed by atoms with van der Waals surface area (Å²) in [4.78, 5) is 52.7. The molecule has 0 radical (unpaired) electrons. The van der Waals surface area contributed by atoms with E-state index in [9.17, 15) is 19.2 Å². The molecule has 0 heterocycles. The maximum Gasteiger partial charge on any atom is 0.423 e. The zero-order valence-electron chi connectivity index (χ0n) is 30.0. The quantitative estimate of drug-likeness (QED) is 0.0566. The molecule has 0 aliphatic rings. The van der Waals surface area contributed by atoms with Gasteiger partial charge in [-0.05, 0) is 76.6 Å². The SMILES string of the molecule is CCCCCCCCc1c(Cl)cc(C(=O)OC(C)C)c(OC(=O)C(=O)Oc2c(C(=O)OC(C)C)cc(Cl)c(CCCCCCCC)c2Cl)c1Cl. The fourth-order valence-corrected chi connectivity index (χ4v) is 6.59. The third-order valence-electron chi connectivity index (χ3n) is 7.78. The Morgan fingerprint density at radius 1 is 0.540 bits per heavy atom. The van der Waals surface area contributed by atoms with Crippen molar-refractivity contribution in [3.8, 4) is 11.5 Å². The van der Waals surface area contributed by atoms with Crippen LogP contribution in [0.3, 0.4) is 0 Å². The molecule has 2 rings (SSSR count). The van der Waals surface area contributed by atoms with Crippen molar-refractivity contribution in [2.75, 3.05) is 0 Å². The summed E-state index contributed by atoms with van der Waals surface area (Å²) in [5, 5.41) is 0.186. The standard InChI is InChI=1S/C38H50Cl4O8/c1-7-9-11-13-15-17-19-25-29(39)21-27(35(43)47-23(3)4)33(31(25)41)49-37(45)38(46)50-34-28(36(44)48-24(5)6)22-30(40)26(32(34)42)20-18-16-14-12-10-8-2/h21-24H,7-20H2,1-6H3. The van der Waals surface area contributed by atoms with Crippen molar-refractivity contribution in [1.29, 1.82) is 0 Å². The fraction of sp³-hybridized carbons (Fsp3) is 0.579. The van der Waals surface area contributed by atoms with Crippen LogP contribution in [-0.4, -0.2) is 36.1 Å². The molecule has 0 bridgehead atoms. The van der Waals surface area contributed by atoms with E-state index in [4.69, 9.17) is 65.4 Å². The highest BCUT2D eigenvalue weighted by Crippen LogP contribution is 2.41. The van der Waals surface area contributed by atoms with Crippen molar-refractivity contribution in [1.82, 2.24) is 0 Å². The van der Waals surface area contributed by atoms with Crippen molar-refractivity contribution in [2.24, 2.45) is 0 Å². The van der Waals surface area contributed by atoms with Crippen LogP contribution < -0.4 is 9.47 Å². The smallest absolute Gasteiger partial charge is 0.423 e. The molecule has 0 N–H and O–H groups in total. The molecule has 12 heteroatoms. The number of carbonyl (C=O) groups is 4. The van der Waals surface area contributed by atoms with Gasteiger partial charge in [0.05, 0.1) is 22.3 Å². The normalized spacial score (nSPS) is 11.2. The van der Waals surface area contributed by atoms with Crippen LogP contribution in [0.2, 0.25) is 20.1 Å². The molecule has 0 atom stereocenters. The van der Waals surface area contributed by atoms with E-state index in [-0.39, 0.29) is 31.2 Å². The van der Waals surface area contributed by atoms with Gasteiger partial charge < -0.3 is 18.9 Å². The highest BCUT2D eigenvalue weighted by Gasteiger charge is 2.31. The molecule has 0 amide bonds. The monoisotopic (exact) mass is 774 g/mol. The molecule has 0 aliphatic carbocycles. The first-order chi connectivity index (χ1) is 23.7. The van der Waals surface area contributed by atoms with Crippen molar-refractivity contribution in [3.63, 3.8) is 0 Å². The van der Waals surface area contributed by atoms with Crippen molar-refractivity contribution >= 4 is 70.3 Å². The lowest BCUT2D eigenvalue weighted by atomic mass is 10.0. The Kier molecular flexibility index (Phi) is 19.6. The van der Waals surface area contributed by atoms with Crippen LogP contribution in [0.25, 0.3) is 0 Å². The van der Waals surface area contributed by atoms with Gasteiger partial charge in [0.25, 0.3) is 0 Å². The molecule has 0 saturated carbocycles. The third kappa shape index (κ3) is 13.6. The molecule has 0 aromatic heterocycles. The highest BCUT2D eigenvalue weighted by atomic mass is 35.5. The second-order valence-electron chi connectivity index (χ2n) is 12.8. The third-order valence-corrected chi connectivity index (χ3v) is 9.25. The minimum atomic E-state index is -1.52. The molecule has 50 heavy (non-hydrogen) atoms. The predicted molar refractivity (Wildman–Crippen MR) is 199 cm³/mol. The summed E-state index contributed by atoms with van der Waals surface area (Å²) in [5.41, 5.74) is 0.432. The van der Waals surface area contributed by atoms with E-state index in [1.54, 1.807) is 27.7 Å². The Morgan fingerprint density at radius 2 is 0.860 bits per heavy atom. The maximum absolute atomic E-state index is 13.3. The average Bonchev–Trinajstić information content (AvgIpc) is 3.04. The van der Waals surface area contributed by atoms with Crippen LogP contribution in [-0.2, 0) is 31.9 Å². The lowest BCUT2D eigenvalue weighted by Crippen LogP contribution is -2.28. The van der Waals surface area contributed by atoms with Gasteiger partial charge in [0, 0.05) is 10.0 Å². The summed E-state index contributed by atoms with van der Waals surface area (Å²) >= 11 is 26.6. The molecule has 0 fully saturated rings. The zero-order chi connectivity index (χ0) is 37.4. The number of benzene rings is 2. The summed E-state index contributed by atoms with van der Waals surface area (Å²) < 4.78 is 21.6. The predicted octanol–water partition coefficient (Wildman–Crippen LogP) is 11.7. The molecule has 0 unspecified atom stereocenters. The van der Waals surface area contributed by atoms with E-state index in [0.717, 1.165) is 77.0 Å². The van der Waals surface area contributed by atoms with E-state index in [0.29, 0.717) is 24.0 Å². The van der Waals surface area contributed by atoms with Gasteiger partial charge in [0.2, 0.25) is 0 Å². The molecule has 8 nitrogen and oxygen atoms in total. The molecule has 278 valence electrons. The zero-order valence-corrected chi connectivity index (χ0v) is 33.0. The van der Waals surface area contributed by atoms with E-state index < -0.39 is 47.6 Å². The summed E-state index contributed by atoms with van der Waals surface area (Å²) in [6.45, 7) is 10.9. The van der Waals surface area contributed by atoms with Crippen molar-refractivity contribution in [3.05, 3.63) is 54.5 Å². The van der Waals surface area contributed by atoms with Gasteiger partial charge in [0.1, 0.15) is 11.1 Å². The van der Waals surface area contributed by atoms with E-state index >= 15 is 0 Å². The van der Waals surface area contributed by atoms with Gasteiger partial charge in [-0.1, -0.05) is 124 Å². The number of hydrogen-bond donors (Lipinski definition) is 0. The minimum Gasteiger partial charge on any atom is -0.459 e. The molecular weight excluding hydrogens is 726 g/mol. The van der Waals surface area contributed by atoms with E-state index in [1.807, 2.05) is 0 Å². The number of rotatable bonds is 20. The summed E-state index contributed by atoms with van der Waals surface area (Å²) in [6, 6.07) is 2.62. The average molecular weight is 777 g/mol. The fourth-order valence-electron chi connectivity index (χ4n) is 5.23. The second kappa shape index (κ2) is 22.4. The van der Waals surface area contributed by atoms with Gasteiger partial charge in [-0.2, -0.15) is 0 Å². The first-order valence-corrected chi connectivity index (χ1v) is 19.1. The number of ether oxygens (including phenoxy) is 4. The lowest BCUT2D eigenvalue weighted by molar-refractivity contribution is -0.156. The van der Waals surface area contributed by atoms with Crippen LogP contribution in [0.4, 0.5) is 0 Å². The first kappa shape index (κ1) is 43.6. The number of hydrogen-bond acceptors (Lipinski definition) is 8. The Morgan fingerprint density at radius 3 is 1.18 bits per heavy atom. The Bertz CT molecular complexity index is 1360. The van der Waals surface area contributed by atoms with Gasteiger partial charge in [-0.25, -0.2) is 19.2 Å². The van der Waals surface area contributed by atoms with E-state index in [2.05, 4.69) is 13.8 Å². The van der Waals surface area contributed by atoms with Gasteiger partial charge in [-0.15, -0.1) is 0 Å². The van der Waals surface area contributed by atoms with E-state index in [1.165, 1.54) is 12.1 Å². The van der Waals surface area contributed by atoms with Crippen LogP contribution >= 0.6 is 46.4 Å². The van der Waals surface area contributed by atoms with Crippen molar-refractivity contribution in [2.45, 2.75) is 144 Å². The van der Waals surface area contributed by atoms with Crippen LogP contribution in [0, 0.1) is 0 Å². The number of halogens is 4. The number of unbranched alkanes of at least 4 members (excludes halogenated alkanes) is 10. The van der Waals surface area contributed by atoms with Crippen LogP contribution in [0.5, 0.6) is 11.5 Å². The summed E-state index contributed by atoms with van der Waals surface area (Å²) in [7, 11) is 0. The Hall–Kier alpha value is -2.52. The minimum absolute atomic E-state index is 0.102. The summed E-state index contributed by atoms with van der Waals surface area (Å²) in [6.07, 6.45) is 12.0. The van der Waals surface area contributed by atoms with Crippen LogP contribution in [0.15, 0.2) is 12.1 Å². The second-order valence-corrected chi connectivity index (χ2v) is 14.3. The lowest BCUT2D eigenvalue weighted by Gasteiger charge is -2.18.